The molecule has 1 aliphatic carbocycles. The average molecular weight is 416 g/mol. The van der Waals surface area contributed by atoms with E-state index in [4.69, 9.17) is 4.74 Å². The number of ether oxygens (including phenoxy) is 1. The smallest absolute Gasteiger partial charge is 0.338 e. The molecule has 0 saturated heterocycles. The van der Waals surface area contributed by atoms with E-state index in [1.165, 1.54) is 9.79 Å². The molecular formula is C27H27O2S+. The number of esters is 1. The van der Waals surface area contributed by atoms with Crippen molar-refractivity contribution in [2.24, 2.45) is 5.92 Å². The monoisotopic (exact) mass is 415 g/mol. The highest BCUT2D eigenvalue weighted by Crippen LogP contribution is 2.34. The van der Waals surface area contributed by atoms with Gasteiger partial charge in [0.15, 0.2) is 14.7 Å². The fourth-order valence-corrected chi connectivity index (χ4v) is 5.97. The minimum atomic E-state index is -0.489. The summed E-state index contributed by atoms with van der Waals surface area (Å²) in [7, 11) is -0.284. The maximum absolute atomic E-state index is 13.0. The Hall–Kier alpha value is -2.78. The molecule has 2 nitrogen and oxygen atoms in total. The van der Waals surface area contributed by atoms with E-state index in [1.54, 1.807) is 0 Å². The van der Waals surface area contributed by atoms with Crippen molar-refractivity contribution in [1.82, 2.24) is 0 Å². The number of carbonyl (C=O) groups excluding carboxylic acids is 1. The van der Waals surface area contributed by atoms with Crippen molar-refractivity contribution in [3.8, 4) is 0 Å². The van der Waals surface area contributed by atoms with Gasteiger partial charge in [0.05, 0.1) is 16.5 Å². The molecule has 0 fully saturated rings. The summed E-state index contributed by atoms with van der Waals surface area (Å²) in [6.45, 7) is 4.04. The van der Waals surface area contributed by atoms with Crippen molar-refractivity contribution in [3.63, 3.8) is 0 Å². The second kappa shape index (κ2) is 8.93. The summed E-state index contributed by atoms with van der Waals surface area (Å²) >= 11 is 0. The Morgan fingerprint density at radius 2 is 1.33 bits per heavy atom. The average Bonchev–Trinajstić information content (AvgIpc) is 3.32. The van der Waals surface area contributed by atoms with E-state index < -0.39 is 5.60 Å². The highest BCUT2D eigenvalue weighted by molar-refractivity contribution is 7.97. The Bertz CT molecular complexity index is 977. The Morgan fingerprint density at radius 1 is 0.800 bits per heavy atom. The minimum absolute atomic E-state index is 0.251. The maximum Gasteiger partial charge on any atom is 0.338 e. The number of allylic oxidation sites excluding steroid dienone is 2. The highest BCUT2D eigenvalue weighted by atomic mass is 32.2. The molecule has 1 aliphatic rings. The standard InChI is InChI=1S/C27H27O2S/c1-27(2,22-13-9-10-14-22)29-26(28)21-12-11-19-25(20-21)30(23-15-5-3-6-16-23)24-17-7-4-8-18-24/h3-12,15-20,22H,13-14H2,1-2H3/q+1. The van der Waals surface area contributed by atoms with Crippen LogP contribution < -0.4 is 0 Å². The van der Waals surface area contributed by atoms with Gasteiger partial charge in [0.25, 0.3) is 0 Å². The second-order valence-electron chi connectivity index (χ2n) is 8.09. The molecule has 0 saturated carbocycles. The molecule has 152 valence electrons. The number of benzene rings is 3. The van der Waals surface area contributed by atoms with Crippen LogP contribution in [0.25, 0.3) is 0 Å². The molecule has 0 unspecified atom stereocenters. The van der Waals surface area contributed by atoms with E-state index in [0.717, 1.165) is 17.7 Å². The Morgan fingerprint density at radius 3 is 1.90 bits per heavy atom. The van der Waals surface area contributed by atoms with Crippen molar-refractivity contribution in [2.75, 3.05) is 0 Å². The largest absolute Gasteiger partial charge is 0.456 e. The minimum Gasteiger partial charge on any atom is -0.456 e. The molecule has 0 spiro atoms. The zero-order chi connectivity index (χ0) is 21.0. The fourth-order valence-electron chi connectivity index (χ4n) is 3.84. The van der Waals surface area contributed by atoms with Crippen LogP contribution in [0.3, 0.4) is 0 Å². The predicted octanol–water partition coefficient (Wildman–Crippen LogP) is 6.68. The van der Waals surface area contributed by atoms with Crippen molar-refractivity contribution in [2.45, 2.75) is 47.0 Å². The van der Waals surface area contributed by atoms with E-state index in [0.29, 0.717) is 11.5 Å². The zero-order valence-electron chi connectivity index (χ0n) is 17.5. The molecule has 0 aromatic heterocycles. The highest BCUT2D eigenvalue weighted by Gasteiger charge is 2.35. The Kier molecular flexibility index (Phi) is 6.10. The van der Waals surface area contributed by atoms with Crippen LogP contribution in [0.5, 0.6) is 0 Å². The van der Waals surface area contributed by atoms with Crippen LogP contribution >= 0.6 is 0 Å². The molecule has 3 aromatic carbocycles. The van der Waals surface area contributed by atoms with Gasteiger partial charge in [-0.2, -0.15) is 0 Å². The van der Waals surface area contributed by atoms with Crippen LogP contribution in [-0.4, -0.2) is 11.6 Å². The lowest BCUT2D eigenvalue weighted by Gasteiger charge is -2.31. The van der Waals surface area contributed by atoms with Gasteiger partial charge in [-0.15, -0.1) is 0 Å². The molecule has 4 rings (SSSR count). The summed E-state index contributed by atoms with van der Waals surface area (Å²) in [5, 5.41) is 0. The van der Waals surface area contributed by atoms with Crippen LogP contribution in [0, 0.1) is 5.92 Å². The van der Waals surface area contributed by atoms with Gasteiger partial charge in [0.2, 0.25) is 0 Å². The van der Waals surface area contributed by atoms with Crippen LogP contribution in [0.15, 0.2) is 112 Å². The number of hydrogen-bond donors (Lipinski definition) is 0. The molecule has 30 heavy (non-hydrogen) atoms. The maximum atomic E-state index is 13.0. The molecule has 0 amide bonds. The first-order chi connectivity index (χ1) is 14.5. The van der Waals surface area contributed by atoms with E-state index >= 15 is 0 Å². The number of hydrogen-bond acceptors (Lipinski definition) is 2. The molecule has 0 bridgehead atoms. The van der Waals surface area contributed by atoms with E-state index in [9.17, 15) is 4.79 Å². The van der Waals surface area contributed by atoms with Gasteiger partial charge in [-0.1, -0.05) is 54.6 Å². The van der Waals surface area contributed by atoms with Crippen LogP contribution in [0.2, 0.25) is 0 Å². The first-order valence-corrected chi connectivity index (χ1v) is 11.6. The summed E-state index contributed by atoms with van der Waals surface area (Å²) in [6, 6.07) is 28.8. The molecule has 0 N–H and O–H groups in total. The molecule has 0 radical (unpaired) electrons. The third kappa shape index (κ3) is 4.52. The van der Waals surface area contributed by atoms with Crippen LogP contribution in [0.4, 0.5) is 0 Å². The molecule has 3 aromatic rings. The topological polar surface area (TPSA) is 26.3 Å². The van der Waals surface area contributed by atoms with Gasteiger partial charge in [0.1, 0.15) is 5.60 Å². The zero-order valence-corrected chi connectivity index (χ0v) is 18.3. The molecule has 3 heteroatoms. The van der Waals surface area contributed by atoms with E-state index in [-0.39, 0.29) is 16.9 Å². The third-order valence-electron chi connectivity index (χ3n) is 5.61. The lowest BCUT2D eigenvalue weighted by atomic mass is 9.88. The Labute approximate surface area is 182 Å². The summed E-state index contributed by atoms with van der Waals surface area (Å²) in [5.74, 6) is 0.0892. The molecule has 0 aliphatic heterocycles. The molecular weight excluding hydrogens is 388 g/mol. The van der Waals surface area contributed by atoms with Crippen molar-refractivity contribution >= 4 is 16.9 Å². The van der Waals surface area contributed by atoms with Gasteiger partial charge in [0, 0.05) is 12.0 Å². The number of rotatable bonds is 6. The summed E-state index contributed by atoms with van der Waals surface area (Å²) in [5.41, 5.74) is 0.118. The van der Waals surface area contributed by atoms with Gasteiger partial charge < -0.3 is 4.74 Å². The second-order valence-corrected chi connectivity index (χ2v) is 10.1. The third-order valence-corrected chi connectivity index (χ3v) is 7.82. The van der Waals surface area contributed by atoms with Crippen molar-refractivity contribution in [1.29, 1.82) is 0 Å². The predicted molar refractivity (Wildman–Crippen MR) is 123 cm³/mol. The first kappa shape index (κ1) is 20.5. The lowest BCUT2D eigenvalue weighted by molar-refractivity contribution is -0.0273. The lowest BCUT2D eigenvalue weighted by Crippen LogP contribution is -2.35. The molecule has 0 heterocycles. The molecule has 0 atom stereocenters. The quantitative estimate of drug-likeness (QED) is 0.255. The van der Waals surface area contributed by atoms with Crippen molar-refractivity contribution in [3.05, 3.63) is 103 Å². The van der Waals surface area contributed by atoms with E-state index in [2.05, 4.69) is 66.7 Å². The normalized spacial score (nSPS) is 14.2. The summed E-state index contributed by atoms with van der Waals surface area (Å²) < 4.78 is 5.98. The van der Waals surface area contributed by atoms with E-state index in [1.807, 2.05) is 44.2 Å². The Balaban J connectivity index is 1.64. The summed E-state index contributed by atoms with van der Waals surface area (Å²) in [6.07, 6.45) is 6.27. The number of carbonyl (C=O) groups is 1. The summed E-state index contributed by atoms with van der Waals surface area (Å²) in [4.78, 5) is 16.6. The van der Waals surface area contributed by atoms with Gasteiger partial charge in [-0.3, -0.25) is 0 Å². The fraction of sp³-hybridized carbons (Fsp3) is 0.222. The van der Waals surface area contributed by atoms with Crippen LogP contribution in [0.1, 0.15) is 37.0 Å². The van der Waals surface area contributed by atoms with Gasteiger partial charge in [-0.25, -0.2) is 4.79 Å². The van der Waals surface area contributed by atoms with Gasteiger partial charge in [-0.05, 0) is 63.1 Å². The van der Waals surface area contributed by atoms with Gasteiger partial charge >= 0.3 is 5.97 Å². The SMILES string of the molecule is CC(C)(OC(=O)c1cccc([S+](c2ccccc2)c2ccccc2)c1)C1CC=CC1. The van der Waals surface area contributed by atoms with Crippen molar-refractivity contribution < 1.29 is 9.53 Å². The van der Waals surface area contributed by atoms with Crippen LogP contribution in [-0.2, 0) is 15.6 Å². The first-order valence-electron chi connectivity index (χ1n) is 10.4.